The third kappa shape index (κ3) is 3.91. The lowest BCUT2D eigenvalue weighted by atomic mass is 10.2. The van der Waals surface area contributed by atoms with Gasteiger partial charge in [0.2, 0.25) is 0 Å². The maximum absolute atomic E-state index is 9.06. The number of aliphatic hydroxyl groups is 1. The molecule has 0 radical (unpaired) electrons. The summed E-state index contributed by atoms with van der Waals surface area (Å²) in [6.45, 7) is 5.01. The maximum atomic E-state index is 9.06. The van der Waals surface area contributed by atoms with Gasteiger partial charge in [-0.1, -0.05) is 19.1 Å². The average molecular weight is 259 g/mol. The van der Waals surface area contributed by atoms with Crippen LogP contribution in [0, 0.1) is 0 Å². The Balaban J connectivity index is 2.01. The number of benzene rings is 1. The highest BCUT2D eigenvalue weighted by molar-refractivity contribution is 5.34. The fourth-order valence-corrected chi connectivity index (χ4v) is 2.17. The Morgan fingerprint density at radius 3 is 2.58 bits per heavy atom. The van der Waals surface area contributed by atoms with E-state index in [0.29, 0.717) is 0 Å². The number of aromatic nitrogens is 2. The second kappa shape index (κ2) is 7.07. The van der Waals surface area contributed by atoms with E-state index in [0.717, 1.165) is 31.7 Å². The van der Waals surface area contributed by atoms with E-state index >= 15 is 0 Å². The van der Waals surface area contributed by atoms with Crippen LogP contribution in [0.15, 0.2) is 43.0 Å². The first-order valence-corrected chi connectivity index (χ1v) is 6.74. The zero-order valence-corrected chi connectivity index (χ0v) is 11.4. The minimum absolute atomic E-state index is 0.215. The van der Waals surface area contributed by atoms with Gasteiger partial charge in [-0.05, 0) is 30.7 Å². The summed E-state index contributed by atoms with van der Waals surface area (Å²) in [4.78, 5) is 6.32. The van der Waals surface area contributed by atoms with Gasteiger partial charge in [-0.2, -0.15) is 0 Å². The van der Waals surface area contributed by atoms with Crippen LogP contribution in [-0.4, -0.2) is 39.3 Å². The van der Waals surface area contributed by atoms with Crippen molar-refractivity contribution in [3.05, 3.63) is 48.5 Å². The first-order chi connectivity index (χ1) is 9.33. The molecule has 0 spiro atoms. The Morgan fingerprint density at radius 1 is 1.21 bits per heavy atom. The summed E-state index contributed by atoms with van der Waals surface area (Å²) in [5.74, 6) is 0. The largest absolute Gasteiger partial charge is 0.395 e. The van der Waals surface area contributed by atoms with E-state index in [4.69, 9.17) is 5.11 Å². The van der Waals surface area contributed by atoms with Crippen molar-refractivity contribution in [2.45, 2.75) is 19.9 Å². The van der Waals surface area contributed by atoms with Gasteiger partial charge in [-0.3, -0.25) is 4.90 Å². The van der Waals surface area contributed by atoms with Crippen molar-refractivity contribution in [2.24, 2.45) is 0 Å². The molecule has 0 aliphatic carbocycles. The van der Waals surface area contributed by atoms with Crippen molar-refractivity contribution in [1.29, 1.82) is 0 Å². The van der Waals surface area contributed by atoms with E-state index in [-0.39, 0.29) is 6.61 Å². The number of rotatable bonds is 7. The zero-order valence-electron chi connectivity index (χ0n) is 11.4. The zero-order chi connectivity index (χ0) is 13.5. The first kappa shape index (κ1) is 13.8. The topological polar surface area (TPSA) is 41.3 Å². The van der Waals surface area contributed by atoms with E-state index < -0.39 is 0 Å². The minimum atomic E-state index is 0.215. The highest BCUT2D eigenvalue weighted by Gasteiger charge is 2.04. The fraction of sp³-hybridized carbons (Fsp3) is 0.400. The SMILES string of the molecule is CCCN(CCO)Cc1ccc(-n2ccnc2)cc1. The summed E-state index contributed by atoms with van der Waals surface area (Å²) in [5, 5.41) is 9.06. The van der Waals surface area contributed by atoms with Crippen LogP contribution in [0.5, 0.6) is 0 Å². The van der Waals surface area contributed by atoms with Crippen molar-refractivity contribution >= 4 is 0 Å². The van der Waals surface area contributed by atoms with Crippen LogP contribution in [0.3, 0.4) is 0 Å². The number of aliphatic hydroxyl groups excluding tert-OH is 1. The molecule has 0 unspecified atom stereocenters. The molecule has 0 aliphatic rings. The summed E-state index contributed by atoms with van der Waals surface area (Å²) in [6, 6.07) is 8.46. The van der Waals surface area contributed by atoms with Gasteiger partial charge in [0.25, 0.3) is 0 Å². The molecule has 1 aromatic heterocycles. The molecule has 1 heterocycles. The molecule has 102 valence electrons. The van der Waals surface area contributed by atoms with Crippen LogP contribution in [0.25, 0.3) is 5.69 Å². The van der Waals surface area contributed by atoms with Crippen LogP contribution in [-0.2, 0) is 6.54 Å². The van der Waals surface area contributed by atoms with Crippen LogP contribution < -0.4 is 0 Å². The Kier molecular flexibility index (Phi) is 5.12. The summed E-state index contributed by atoms with van der Waals surface area (Å²) >= 11 is 0. The molecule has 0 bridgehead atoms. The monoisotopic (exact) mass is 259 g/mol. The first-order valence-electron chi connectivity index (χ1n) is 6.74. The molecule has 19 heavy (non-hydrogen) atoms. The van der Waals surface area contributed by atoms with Crippen molar-refractivity contribution in [3.63, 3.8) is 0 Å². The normalized spacial score (nSPS) is 11.1. The Morgan fingerprint density at radius 2 is 2.00 bits per heavy atom. The van der Waals surface area contributed by atoms with Gasteiger partial charge in [-0.15, -0.1) is 0 Å². The van der Waals surface area contributed by atoms with Gasteiger partial charge >= 0.3 is 0 Å². The van der Waals surface area contributed by atoms with Crippen LogP contribution >= 0.6 is 0 Å². The smallest absolute Gasteiger partial charge is 0.0991 e. The quantitative estimate of drug-likeness (QED) is 0.827. The lowest BCUT2D eigenvalue weighted by molar-refractivity contribution is 0.190. The number of hydrogen-bond acceptors (Lipinski definition) is 3. The molecule has 0 saturated carbocycles. The lowest BCUT2D eigenvalue weighted by Crippen LogP contribution is -2.27. The third-order valence-electron chi connectivity index (χ3n) is 3.10. The highest BCUT2D eigenvalue weighted by atomic mass is 16.3. The fourth-order valence-electron chi connectivity index (χ4n) is 2.17. The van der Waals surface area contributed by atoms with Crippen molar-refractivity contribution in [2.75, 3.05) is 19.7 Å². The Labute approximate surface area is 114 Å². The molecular weight excluding hydrogens is 238 g/mol. The van der Waals surface area contributed by atoms with Gasteiger partial charge in [0, 0.05) is 31.2 Å². The molecule has 4 nitrogen and oxygen atoms in total. The molecule has 1 N–H and O–H groups in total. The average Bonchev–Trinajstić information content (AvgIpc) is 2.94. The molecular formula is C15H21N3O. The standard InChI is InChI=1S/C15H21N3O/c1-2-8-17(10-11-19)12-14-3-5-15(6-4-14)18-9-7-16-13-18/h3-7,9,13,19H,2,8,10-12H2,1H3. The number of nitrogens with zero attached hydrogens (tertiary/aromatic N) is 3. The molecule has 2 aromatic rings. The van der Waals surface area contributed by atoms with Crippen molar-refractivity contribution < 1.29 is 5.11 Å². The molecule has 1 aromatic carbocycles. The molecule has 0 saturated heterocycles. The van der Waals surface area contributed by atoms with E-state index in [1.165, 1.54) is 5.56 Å². The summed E-state index contributed by atoms with van der Waals surface area (Å²) in [6.07, 6.45) is 6.61. The second-order valence-electron chi connectivity index (χ2n) is 4.64. The molecule has 0 fully saturated rings. The summed E-state index contributed by atoms with van der Waals surface area (Å²) in [7, 11) is 0. The van der Waals surface area contributed by atoms with E-state index in [2.05, 4.69) is 41.1 Å². The van der Waals surface area contributed by atoms with Gasteiger partial charge in [-0.25, -0.2) is 4.98 Å². The molecule has 0 amide bonds. The van der Waals surface area contributed by atoms with E-state index in [9.17, 15) is 0 Å². The Hall–Kier alpha value is -1.65. The van der Waals surface area contributed by atoms with E-state index in [1.807, 2.05) is 10.8 Å². The second-order valence-corrected chi connectivity index (χ2v) is 4.64. The number of hydrogen-bond donors (Lipinski definition) is 1. The van der Waals surface area contributed by atoms with Crippen molar-refractivity contribution in [3.8, 4) is 5.69 Å². The van der Waals surface area contributed by atoms with Gasteiger partial charge in [0.1, 0.15) is 0 Å². The van der Waals surface area contributed by atoms with Crippen LogP contribution in [0.2, 0.25) is 0 Å². The predicted molar refractivity (Wildman–Crippen MR) is 76.2 cm³/mol. The summed E-state index contributed by atoms with van der Waals surface area (Å²) in [5.41, 5.74) is 2.39. The van der Waals surface area contributed by atoms with Crippen LogP contribution in [0.1, 0.15) is 18.9 Å². The van der Waals surface area contributed by atoms with Crippen LogP contribution in [0.4, 0.5) is 0 Å². The molecule has 4 heteroatoms. The summed E-state index contributed by atoms with van der Waals surface area (Å²) < 4.78 is 1.99. The highest BCUT2D eigenvalue weighted by Crippen LogP contribution is 2.11. The predicted octanol–water partition coefficient (Wildman–Crippen LogP) is 2.08. The Bertz CT molecular complexity index is 459. The number of imidazole rings is 1. The van der Waals surface area contributed by atoms with E-state index in [1.54, 1.807) is 12.5 Å². The van der Waals surface area contributed by atoms with Crippen molar-refractivity contribution in [1.82, 2.24) is 14.5 Å². The molecule has 2 rings (SSSR count). The van der Waals surface area contributed by atoms with Gasteiger partial charge in [0.05, 0.1) is 12.9 Å². The minimum Gasteiger partial charge on any atom is -0.395 e. The molecule has 0 atom stereocenters. The third-order valence-corrected chi connectivity index (χ3v) is 3.10. The van der Waals surface area contributed by atoms with Gasteiger partial charge < -0.3 is 9.67 Å². The van der Waals surface area contributed by atoms with Gasteiger partial charge in [0.15, 0.2) is 0 Å². The lowest BCUT2D eigenvalue weighted by Gasteiger charge is -2.20. The maximum Gasteiger partial charge on any atom is 0.0991 e. The molecule has 0 aliphatic heterocycles.